The van der Waals surface area contributed by atoms with Crippen molar-refractivity contribution in [2.75, 3.05) is 33.5 Å². The standard InChI is InChI=1S/C26H34FN5O9S/c1-30-16-18(14-28-30)40-22-9-7-19(13-20(22)27)42(35,36)31-15-17-6-8-21(32(17)26(34)39-12-11-37-2)24(31)25(33)29-41-23-5-3-4-10-38-23/h7,9,13-14,16-17,21,23-24H,3-6,8,10-12,15H2,1-2H3,(H,29,33)/t17-,21+,23?,24-/m1/s1. The number of carbonyl (C=O) groups is 2. The predicted molar refractivity (Wildman–Crippen MR) is 142 cm³/mol. The molecule has 3 aliphatic rings. The number of ether oxygens (including phenoxy) is 4. The van der Waals surface area contributed by atoms with Crippen LogP contribution < -0.4 is 10.2 Å². The molecule has 1 unspecified atom stereocenters. The van der Waals surface area contributed by atoms with Gasteiger partial charge < -0.3 is 18.9 Å². The monoisotopic (exact) mass is 611 g/mol. The van der Waals surface area contributed by atoms with Crippen LogP contribution in [0.4, 0.5) is 9.18 Å². The van der Waals surface area contributed by atoms with E-state index in [0.717, 1.165) is 23.2 Å². The van der Waals surface area contributed by atoms with Crippen molar-refractivity contribution in [2.45, 2.75) is 61.4 Å². The van der Waals surface area contributed by atoms with Gasteiger partial charge in [-0.15, -0.1) is 0 Å². The Hall–Kier alpha value is -3.31. The number of rotatable bonds is 10. The van der Waals surface area contributed by atoms with E-state index in [-0.39, 0.29) is 36.2 Å². The van der Waals surface area contributed by atoms with Gasteiger partial charge in [-0.1, -0.05) is 0 Å². The van der Waals surface area contributed by atoms with Crippen LogP contribution in [0.15, 0.2) is 35.5 Å². The SMILES string of the molecule is COCCOC(=O)N1[C@@H]2CC[C@H]1[C@H](C(=O)NOC1CCCCO1)N(S(=O)(=O)c1ccc(Oc3cnn(C)c3)c(F)c1)C2. The number of hydroxylamine groups is 1. The van der Waals surface area contributed by atoms with E-state index in [0.29, 0.717) is 25.9 Å². The lowest BCUT2D eigenvalue weighted by Crippen LogP contribution is -2.66. The highest BCUT2D eigenvalue weighted by Gasteiger charge is 2.55. The number of piperazine rings is 1. The van der Waals surface area contributed by atoms with Gasteiger partial charge in [-0.05, 0) is 43.9 Å². The Bertz CT molecular complexity index is 1380. The van der Waals surface area contributed by atoms with Crippen molar-refractivity contribution in [1.82, 2.24) is 24.5 Å². The van der Waals surface area contributed by atoms with Gasteiger partial charge in [0.05, 0.1) is 29.9 Å². The fourth-order valence-electron chi connectivity index (χ4n) is 5.47. The third-order valence-electron chi connectivity index (χ3n) is 7.45. The van der Waals surface area contributed by atoms with E-state index < -0.39 is 52.3 Å². The molecule has 0 aliphatic carbocycles. The Morgan fingerprint density at radius 2 is 2.02 bits per heavy atom. The van der Waals surface area contributed by atoms with Crippen molar-refractivity contribution in [3.05, 3.63) is 36.4 Å². The second kappa shape index (κ2) is 12.9. The third-order valence-corrected chi connectivity index (χ3v) is 9.30. The minimum Gasteiger partial charge on any atom is -0.451 e. The first-order chi connectivity index (χ1) is 20.2. The summed E-state index contributed by atoms with van der Waals surface area (Å²) in [7, 11) is -1.29. The van der Waals surface area contributed by atoms with Crippen LogP contribution in [0, 0.1) is 5.82 Å². The molecule has 0 saturated carbocycles. The van der Waals surface area contributed by atoms with Gasteiger partial charge in [0, 0.05) is 39.8 Å². The second-order valence-corrected chi connectivity index (χ2v) is 12.1. The number of aryl methyl sites for hydroxylation is 1. The molecule has 4 atom stereocenters. The molecule has 5 rings (SSSR count). The number of hydrogen-bond donors (Lipinski definition) is 1. The second-order valence-electron chi connectivity index (χ2n) is 10.3. The van der Waals surface area contributed by atoms with Crippen LogP contribution in [-0.2, 0) is 40.9 Å². The fraction of sp³-hybridized carbons (Fsp3) is 0.577. The molecule has 3 saturated heterocycles. The van der Waals surface area contributed by atoms with Crippen molar-refractivity contribution in [2.24, 2.45) is 7.05 Å². The van der Waals surface area contributed by atoms with Crippen LogP contribution >= 0.6 is 0 Å². The molecule has 2 amide bonds. The number of methoxy groups -OCH3 is 1. The summed E-state index contributed by atoms with van der Waals surface area (Å²) in [5.74, 6) is -1.61. The molecular formula is C26H34FN5O9S. The van der Waals surface area contributed by atoms with Crippen LogP contribution in [0.5, 0.6) is 11.5 Å². The van der Waals surface area contributed by atoms with Gasteiger partial charge in [0.2, 0.25) is 10.0 Å². The lowest BCUT2D eigenvalue weighted by atomic mass is 10.1. The predicted octanol–water partition coefficient (Wildman–Crippen LogP) is 1.91. The summed E-state index contributed by atoms with van der Waals surface area (Å²) >= 11 is 0. The molecule has 230 valence electrons. The summed E-state index contributed by atoms with van der Waals surface area (Å²) in [6.07, 6.45) is 4.64. The van der Waals surface area contributed by atoms with Crippen molar-refractivity contribution < 1.29 is 46.2 Å². The summed E-state index contributed by atoms with van der Waals surface area (Å²) in [6, 6.07) is 0.480. The Labute approximate surface area is 242 Å². The lowest BCUT2D eigenvalue weighted by Gasteiger charge is -2.44. The maximum absolute atomic E-state index is 15.1. The van der Waals surface area contributed by atoms with Gasteiger partial charge in [0.25, 0.3) is 5.91 Å². The van der Waals surface area contributed by atoms with Gasteiger partial charge in [-0.2, -0.15) is 9.40 Å². The zero-order valence-corrected chi connectivity index (χ0v) is 24.1. The lowest BCUT2D eigenvalue weighted by molar-refractivity contribution is -0.203. The first-order valence-electron chi connectivity index (χ1n) is 13.7. The van der Waals surface area contributed by atoms with Crippen molar-refractivity contribution in [3.63, 3.8) is 0 Å². The first-order valence-corrected chi connectivity index (χ1v) is 15.1. The largest absolute Gasteiger partial charge is 0.451 e. The number of nitrogens with one attached hydrogen (secondary N) is 1. The maximum atomic E-state index is 15.1. The highest BCUT2D eigenvalue weighted by molar-refractivity contribution is 7.89. The van der Waals surface area contributed by atoms with E-state index in [1.165, 1.54) is 41.2 Å². The topological polar surface area (TPSA) is 151 Å². The van der Waals surface area contributed by atoms with E-state index in [1.807, 2.05) is 0 Å². The fourth-order valence-corrected chi connectivity index (χ4v) is 7.13. The van der Waals surface area contributed by atoms with E-state index in [1.54, 1.807) is 7.05 Å². The summed E-state index contributed by atoms with van der Waals surface area (Å²) in [5.41, 5.74) is 2.35. The van der Waals surface area contributed by atoms with Gasteiger partial charge >= 0.3 is 6.09 Å². The molecule has 2 aromatic rings. The number of halogens is 1. The molecule has 3 fully saturated rings. The Kier molecular flexibility index (Phi) is 9.27. The number of carbonyl (C=O) groups excluding carboxylic acids is 2. The number of benzene rings is 1. The molecule has 1 aromatic heterocycles. The highest BCUT2D eigenvalue weighted by Crippen LogP contribution is 2.38. The number of fused-ring (bicyclic) bond motifs is 2. The molecule has 1 aromatic carbocycles. The molecule has 1 N–H and O–H groups in total. The van der Waals surface area contributed by atoms with E-state index >= 15 is 4.39 Å². The Morgan fingerprint density at radius 3 is 2.71 bits per heavy atom. The third kappa shape index (κ3) is 6.36. The molecule has 42 heavy (non-hydrogen) atoms. The highest BCUT2D eigenvalue weighted by atomic mass is 32.2. The molecule has 3 aliphatic heterocycles. The van der Waals surface area contributed by atoms with Crippen LogP contribution in [0.25, 0.3) is 0 Å². The average Bonchev–Trinajstić information content (AvgIpc) is 3.53. The van der Waals surface area contributed by atoms with Gasteiger partial charge in [-0.25, -0.2) is 27.9 Å². The van der Waals surface area contributed by atoms with Gasteiger partial charge in [0.15, 0.2) is 23.6 Å². The van der Waals surface area contributed by atoms with Crippen LogP contribution in [0.2, 0.25) is 0 Å². The Balaban J connectivity index is 1.40. The molecule has 14 nitrogen and oxygen atoms in total. The van der Waals surface area contributed by atoms with E-state index in [4.69, 9.17) is 23.8 Å². The van der Waals surface area contributed by atoms with Crippen LogP contribution in [0.3, 0.4) is 0 Å². The van der Waals surface area contributed by atoms with Gasteiger partial charge in [-0.3, -0.25) is 14.4 Å². The number of amides is 2. The van der Waals surface area contributed by atoms with Gasteiger partial charge in [0.1, 0.15) is 12.6 Å². The molecule has 0 spiro atoms. The maximum Gasteiger partial charge on any atom is 0.410 e. The average molecular weight is 612 g/mol. The zero-order chi connectivity index (χ0) is 29.9. The smallest absolute Gasteiger partial charge is 0.410 e. The van der Waals surface area contributed by atoms with Crippen molar-refractivity contribution in [1.29, 1.82) is 0 Å². The van der Waals surface area contributed by atoms with E-state index in [2.05, 4.69) is 10.6 Å². The van der Waals surface area contributed by atoms with Crippen molar-refractivity contribution in [3.8, 4) is 11.5 Å². The number of aromatic nitrogens is 2. The summed E-state index contributed by atoms with van der Waals surface area (Å²) in [4.78, 5) is 33.1. The molecule has 0 radical (unpaired) electrons. The normalized spacial score (nSPS) is 24.4. The number of hydrogen-bond acceptors (Lipinski definition) is 10. The summed E-state index contributed by atoms with van der Waals surface area (Å²) in [6.45, 7) is 0.452. The molecular weight excluding hydrogens is 577 g/mol. The molecule has 2 bridgehead atoms. The Morgan fingerprint density at radius 1 is 1.19 bits per heavy atom. The summed E-state index contributed by atoms with van der Waals surface area (Å²) in [5, 5.41) is 3.96. The number of nitrogens with zero attached hydrogens (tertiary/aromatic N) is 4. The van der Waals surface area contributed by atoms with Crippen molar-refractivity contribution >= 4 is 22.0 Å². The molecule has 4 heterocycles. The summed E-state index contributed by atoms with van der Waals surface area (Å²) < 4.78 is 66.7. The van der Waals surface area contributed by atoms with E-state index in [9.17, 15) is 18.0 Å². The zero-order valence-electron chi connectivity index (χ0n) is 23.3. The minimum absolute atomic E-state index is 0.000972. The van der Waals surface area contributed by atoms with Crippen LogP contribution in [-0.4, -0.2) is 97.3 Å². The number of sulfonamides is 1. The molecule has 16 heteroatoms. The first kappa shape index (κ1) is 30.2. The quantitative estimate of drug-likeness (QED) is 0.312. The minimum atomic E-state index is -4.43. The van der Waals surface area contributed by atoms with Crippen LogP contribution in [0.1, 0.15) is 32.1 Å².